The zero-order valence-corrected chi connectivity index (χ0v) is 21.5. The zero-order chi connectivity index (χ0) is 26.5. The molecule has 1 amide bonds. The molecular weight excluding hydrogens is 487 g/mol. The average molecular weight is 519 g/mol. The van der Waals surface area contributed by atoms with E-state index in [0.717, 1.165) is 30.5 Å². The molecule has 5 rings (SSSR count). The summed E-state index contributed by atoms with van der Waals surface area (Å²) in [5.74, 6) is 1.59. The van der Waals surface area contributed by atoms with Crippen LogP contribution in [0.2, 0.25) is 0 Å². The third kappa shape index (κ3) is 5.70. The van der Waals surface area contributed by atoms with Gasteiger partial charge in [-0.3, -0.25) is 9.69 Å². The molecule has 2 aromatic carbocycles. The molecule has 1 aliphatic heterocycles. The number of ether oxygens (including phenoxy) is 2. The number of aromatic nitrogens is 3. The van der Waals surface area contributed by atoms with Crippen molar-refractivity contribution >= 4 is 34.1 Å². The molecule has 2 aromatic heterocycles. The fraction of sp³-hybridized carbons (Fsp3) is 0.321. The van der Waals surface area contributed by atoms with E-state index in [0.29, 0.717) is 47.7 Å². The summed E-state index contributed by atoms with van der Waals surface area (Å²) in [6, 6.07) is 11.8. The molecule has 1 saturated heterocycles. The molecule has 0 unspecified atom stereocenters. The van der Waals surface area contributed by atoms with Crippen LogP contribution in [0.1, 0.15) is 26.2 Å². The van der Waals surface area contributed by atoms with E-state index in [1.54, 1.807) is 44.5 Å². The van der Waals surface area contributed by atoms with Crippen molar-refractivity contribution in [1.29, 1.82) is 0 Å². The second-order valence-corrected chi connectivity index (χ2v) is 9.10. The number of anilines is 3. The van der Waals surface area contributed by atoms with E-state index in [9.17, 15) is 9.18 Å². The van der Waals surface area contributed by atoms with Crippen LogP contribution in [0.5, 0.6) is 11.5 Å². The van der Waals surface area contributed by atoms with Gasteiger partial charge in [-0.2, -0.15) is 4.98 Å². The molecular formula is C28H31FN6O3. The molecule has 0 spiro atoms. The van der Waals surface area contributed by atoms with Gasteiger partial charge in [-0.25, -0.2) is 9.37 Å². The molecule has 1 fully saturated rings. The summed E-state index contributed by atoms with van der Waals surface area (Å²) in [7, 11) is 1.57. The number of halogens is 1. The second-order valence-electron chi connectivity index (χ2n) is 9.10. The number of fused-ring (bicyclic) bond motifs is 1. The summed E-state index contributed by atoms with van der Waals surface area (Å²) >= 11 is 0. The Morgan fingerprint density at radius 1 is 1.08 bits per heavy atom. The van der Waals surface area contributed by atoms with Gasteiger partial charge in [-0.05, 0) is 62.3 Å². The predicted octanol–water partition coefficient (Wildman–Crippen LogP) is 5.13. The van der Waals surface area contributed by atoms with Gasteiger partial charge in [0.1, 0.15) is 29.7 Å². The van der Waals surface area contributed by atoms with Crippen LogP contribution in [0.4, 0.5) is 21.7 Å². The standard InChI is InChI=1S/C28H31FN6O3/c1-3-27(36)31-22-17-21(24(37-2)18-25(22)38-15-14-34-11-4-5-12-34)32-28-30-10-8-26(33-28)35-13-9-19-16-20(29)6-7-23(19)35/h6-10,13,16-18H,3-5,11-12,14-15H2,1-2H3,(H,31,36)(H,30,32,33). The van der Waals surface area contributed by atoms with Crippen molar-refractivity contribution in [2.45, 2.75) is 26.2 Å². The fourth-order valence-electron chi connectivity index (χ4n) is 4.55. The lowest BCUT2D eigenvalue weighted by Gasteiger charge is -2.19. The summed E-state index contributed by atoms with van der Waals surface area (Å²) in [6.07, 6.45) is 6.25. The van der Waals surface area contributed by atoms with Gasteiger partial charge in [-0.15, -0.1) is 0 Å². The molecule has 0 bridgehead atoms. The van der Waals surface area contributed by atoms with Crippen molar-refractivity contribution in [2.75, 3.05) is 44.0 Å². The van der Waals surface area contributed by atoms with Gasteiger partial charge in [0.15, 0.2) is 0 Å². The fourth-order valence-corrected chi connectivity index (χ4v) is 4.55. The number of amides is 1. The van der Waals surface area contributed by atoms with Crippen LogP contribution in [0.3, 0.4) is 0 Å². The summed E-state index contributed by atoms with van der Waals surface area (Å²) < 4.78 is 27.2. The van der Waals surface area contributed by atoms with E-state index in [4.69, 9.17) is 9.47 Å². The topological polar surface area (TPSA) is 93.5 Å². The average Bonchev–Trinajstić information content (AvgIpc) is 3.59. The van der Waals surface area contributed by atoms with E-state index in [1.165, 1.54) is 25.0 Å². The highest BCUT2D eigenvalue weighted by Crippen LogP contribution is 2.38. The van der Waals surface area contributed by atoms with Crippen LogP contribution in [-0.2, 0) is 4.79 Å². The number of methoxy groups -OCH3 is 1. The number of carbonyl (C=O) groups excluding carboxylic acids is 1. The number of benzene rings is 2. The van der Waals surface area contributed by atoms with Crippen LogP contribution >= 0.6 is 0 Å². The largest absolute Gasteiger partial charge is 0.494 e. The molecule has 0 atom stereocenters. The quantitative estimate of drug-likeness (QED) is 0.300. The minimum Gasteiger partial charge on any atom is -0.494 e. The summed E-state index contributed by atoms with van der Waals surface area (Å²) in [4.78, 5) is 23.6. The van der Waals surface area contributed by atoms with Crippen molar-refractivity contribution in [3.63, 3.8) is 0 Å². The summed E-state index contributed by atoms with van der Waals surface area (Å²) in [5.41, 5.74) is 1.94. The predicted molar refractivity (Wildman–Crippen MR) is 145 cm³/mol. The molecule has 2 N–H and O–H groups in total. The molecule has 9 nitrogen and oxygen atoms in total. The molecule has 10 heteroatoms. The molecule has 0 aliphatic carbocycles. The Labute approximate surface area is 220 Å². The van der Waals surface area contributed by atoms with Gasteiger partial charge in [0, 0.05) is 36.8 Å². The van der Waals surface area contributed by atoms with Crippen molar-refractivity contribution in [3.8, 4) is 17.3 Å². The number of rotatable bonds is 10. The molecule has 198 valence electrons. The van der Waals surface area contributed by atoms with Crippen LogP contribution in [0.25, 0.3) is 16.7 Å². The van der Waals surface area contributed by atoms with Crippen molar-refractivity contribution in [3.05, 3.63) is 60.7 Å². The van der Waals surface area contributed by atoms with Gasteiger partial charge < -0.3 is 24.7 Å². The van der Waals surface area contributed by atoms with E-state index in [-0.39, 0.29) is 11.7 Å². The number of hydrogen-bond donors (Lipinski definition) is 2. The third-order valence-electron chi connectivity index (χ3n) is 6.55. The van der Waals surface area contributed by atoms with Gasteiger partial charge in [0.05, 0.1) is 24.0 Å². The first-order valence-electron chi connectivity index (χ1n) is 12.8. The van der Waals surface area contributed by atoms with Gasteiger partial charge in [0.2, 0.25) is 11.9 Å². The Morgan fingerprint density at radius 2 is 1.92 bits per heavy atom. The lowest BCUT2D eigenvalue weighted by molar-refractivity contribution is -0.115. The number of nitrogens with one attached hydrogen (secondary N) is 2. The molecule has 38 heavy (non-hydrogen) atoms. The Hall–Kier alpha value is -4.18. The van der Waals surface area contributed by atoms with Crippen LogP contribution in [0.15, 0.2) is 54.9 Å². The van der Waals surface area contributed by atoms with Crippen LogP contribution in [-0.4, -0.2) is 58.7 Å². The Kier molecular flexibility index (Phi) is 7.69. The third-order valence-corrected chi connectivity index (χ3v) is 6.55. The van der Waals surface area contributed by atoms with Crippen LogP contribution in [0, 0.1) is 5.82 Å². The monoisotopic (exact) mass is 518 g/mol. The van der Waals surface area contributed by atoms with E-state index in [1.807, 2.05) is 16.8 Å². The lowest BCUT2D eigenvalue weighted by atomic mass is 10.2. The lowest BCUT2D eigenvalue weighted by Crippen LogP contribution is -2.25. The van der Waals surface area contributed by atoms with Crippen molar-refractivity contribution in [1.82, 2.24) is 19.4 Å². The summed E-state index contributed by atoms with van der Waals surface area (Å²) in [5, 5.41) is 6.91. The molecule has 0 radical (unpaired) electrons. The van der Waals surface area contributed by atoms with E-state index >= 15 is 0 Å². The first-order chi connectivity index (χ1) is 18.5. The molecule has 1 aliphatic rings. The van der Waals surface area contributed by atoms with Gasteiger partial charge >= 0.3 is 0 Å². The van der Waals surface area contributed by atoms with E-state index < -0.39 is 0 Å². The maximum atomic E-state index is 13.6. The second kappa shape index (κ2) is 11.5. The Balaban J connectivity index is 1.41. The minimum atomic E-state index is -0.290. The Bertz CT molecular complexity index is 1430. The number of likely N-dealkylation sites (tertiary alicyclic amines) is 1. The number of carbonyl (C=O) groups is 1. The molecule has 4 aromatic rings. The van der Waals surface area contributed by atoms with E-state index in [2.05, 4.69) is 25.5 Å². The smallest absolute Gasteiger partial charge is 0.229 e. The van der Waals surface area contributed by atoms with Crippen molar-refractivity contribution < 1.29 is 18.7 Å². The first kappa shape index (κ1) is 25.5. The first-order valence-corrected chi connectivity index (χ1v) is 12.8. The zero-order valence-electron chi connectivity index (χ0n) is 21.5. The maximum Gasteiger partial charge on any atom is 0.229 e. The molecule has 0 saturated carbocycles. The summed E-state index contributed by atoms with van der Waals surface area (Å²) in [6.45, 7) is 5.30. The molecule has 3 heterocycles. The normalized spacial score (nSPS) is 13.6. The van der Waals surface area contributed by atoms with Crippen molar-refractivity contribution in [2.24, 2.45) is 0 Å². The highest BCUT2D eigenvalue weighted by molar-refractivity contribution is 5.93. The van der Waals surface area contributed by atoms with Gasteiger partial charge in [-0.1, -0.05) is 6.92 Å². The van der Waals surface area contributed by atoms with Crippen LogP contribution < -0.4 is 20.1 Å². The number of nitrogens with zero attached hydrogens (tertiary/aromatic N) is 4. The highest BCUT2D eigenvalue weighted by Gasteiger charge is 2.17. The SMILES string of the molecule is CCC(=O)Nc1cc(Nc2nccc(-n3ccc4cc(F)ccc43)n2)c(OC)cc1OCCN1CCCC1. The van der Waals surface area contributed by atoms with Gasteiger partial charge in [0.25, 0.3) is 0 Å². The minimum absolute atomic E-state index is 0.125. The maximum absolute atomic E-state index is 13.6. The number of hydrogen-bond acceptors (Lipinski definition) is 7. The Morgan fingerprint density at radius 3 is 2.71 bits per heavy atom. The highest BCUT2D eigenvalue weighted by atomic mass is 19.1.